The zero-order chi connectivity index (χ0) is 11.7. The molecule has 0 unspecified atom stereocenters. The van der Waals surface area contributed by atoms with E-state index in [1.54, 1.807) is 6.92 Å². The van der Waals surface area contributed by atoms with Crippen LogP contribution >= 0.6 is 0 Å². The molecular weight excluding hydrogens is 212 g/mol. The molecule has 0 spiro atoms. The van der Waals surface area contributed by atoms with E-state index >= 15 is 0 Å². The molecule has 0 fully saturated rings. The summed E-state index contributed by atoms with van der Waals surface area (Å²) >= 11 is 0. The number of rotatable bonds is 2. The Hall–Kier alpha value is -2.18. The highest BCUT2D eigenvalue weighted by Gasteiger charge is 2.19. The van der Waals surface area contributed by atoms with E-state index in [0.29, 0.717) is 5.65 Å². The summed E-state index contributed by atoms with van der Waals surface area (Å²) in [6, 6.07) is -0.611. The molecule has 0 aliphatic heterocycles. The van der Waals surface area contributed by atoms with Crippen molar-refractivity contribution in [2.45, 2.75) is 13.0 Å². The van der Waals surface area contributed by atoms with Crippen molar-refractivity contribution < 1.29 is 9.53 Å². The van der Waals surface area contributed by atoms with Crippen LogP contribution in [-0.4, -0.2) is 32.6 Å². The van der Waals surface area contributed by atoms with Gasteiger partial charge in [-0.05, 0) is 6.92 Å². The van der Waals surface area contributed by atoms with Crippen molar-refractivity contribution in [1.29, 1.82) is 0 Å². The molecule has 2 aromatic heterocycles. The summed E-state index contributed by atoms with van der Waals surface area (Å²) in [6.45, 7) is 1.62. The lowest BCUT2D eigenvalue weighted by Gasteiger charge is -2.10. The topological polar surface area (TPSA) is 89.9 Å². The standard InChI is InChI=1S/C9H10N4O3/c1-5(9(15)16-2)13-4-12-7-6(13)8(14)11-3-10-7/h3-5H,1-2H3,(H,10,11,14)/t5-/m0/s1. The first-order chi connectivity index (χ1) is 7.65. The maximum Gasteiger partial charge on any atom is 0.328 e. The maximum absolute atomic E-state index is 11.6. The number of aromatic nitrogens is 4. The summed E-state index contributed by atoms with van der Waals surface area (Å²) in [6.07, 6.45) is 2.67. The van der Waals surface area contributed by atoms with Crippen molar-refractivity contribution in [1.82, 2.24) is 19.5 Å². The summed E-state index contributed by atoms with van der Waals surface area (Å²) in [7, 11) is 1.29. The Balaban J connectivity index is 2.62. The van der Waals surface area contributed by atoms with Crippen molar-refractivity contribution in [3.63, 3.8) is 0 Å². The van der Waals surface area contributed by atoms with Crippen LogP contribution < -0.4 is 5.56 Å². The molecule has 0 saturated heterocycles. The van der Waals surface area contributed by atoms with E-state index in [1.807, 2.05) is 0 Å². The molecule has 7 heteroatoms. The van der Waals surface area contributed by atoms with Crippen LogP contribution in [0.2, 0.25) is 0 Å². The Labute approximate surface area is 90.1 Å². The van der Waals surface area contributed by atoms with Crippen LogP contribution in [0.4, 0.5) is 0 Å². The molecular formula is C9H10N4O3. The van der Waals surface area contributed by atoms with E-state index in [2.05, 4.69) is 19.7 Å². The third kappa shape index (κ3) is 1.46. The van der Waals surface area contributed by atoms with Gasteiger partial charge in [0.15, 0.2) is 11.2 Å². The van der Waals surface area contributed by atoms with Crippen LogP contribution in [0.3, 0.4) is 0 Å². The van der Waals surface area contributed by atoms with Gasteiger partial charge in [-0.2, -0.15) is 0 Å². The number of nitrogens with zero attached hydrogens (tertiary/aromatic N) is 3. The van der Waals surface area contributed by atoms with Crippen LogP contribution in [0.25, 0.3) is 11.2 Å². The first-order valence-corrected chi connectivity index (χ1v) is 4.63. The highest BCUT2D eigenvalue weighted by molar-refractivity contribution is 5.77. The molecule has 2 aromatic rings. The van der Waals surface area contributed by atoms with Gasteiger partial charge in [0.05, 0.1) is 19.8 Å². The second kappa shape index (κ2) is 3.76. The monoisotopic (exact) mass is 222 g/mol. The van der Waals surface area contributed by atoms with Gasteiger partial charge in [0.1, 0.15) is 6.04 Å². The van der Waals surface area contributed by atoms with Crippen molar-refractivity contribution in [2.24, 2.45) is 0 Å². The van der Waals surface area contributed by atoms with Gasteiger partial charge in [0.25, 0.3) is 5.56 Å². The number of fused-ring (bicyclic) bond motifs is 1. The molecule has 16 heavy (non-hydrogen) atoms. The SMILES string of the molecule is COC(=O)[C@H](C)n1cnc2nc[nH]c(=O)c21. The lowest BCUT2D eigenvalue weighted by atomic mass is 10.3. The lowest BCUT2D eigenvalue weighted by Crippen LogP contribution is -2.20. The molecule has 0 aromatic carbocycles. The molecule has 1 N–H and O–H groups in total. The molecule has 0 radical (unpaired) electrons. The van der Waals surface area contributed by atoms with Crippen LogP contribution in [-0.2, 0) is 9.53 Å². The fraction of sp³-hybridized carbons (Fsp3) is 0.333. The number of carbonyl (C=O) groups is 1. The average Bonchev–Trinajstić information content (AvgIpc) is 2.72. The zero-order valence-corrected chi connectivity index (χ0v) is 8.80. The minimum Gasteiger partial charge on any atom is -0.467 e. The van der Waals surface area contributed by atoms with Crippen LogP contribution in [0.5, 0.6) is 0 Å². The smallest absolute Gasteiger partial charge is 0.328 e. The number of methoxy groups -OCH3 is 1. The number of ether oxygens (including phenoxy) is 1. The molecule has 0 amide bonds. The highest BCUT2D eigenvalue weighted by Crippen LogP contribution is 2.13. The fourth-order valence-corrected chi connectivity index (χ4v) is 1.46. The minimum absolute atomic E-state index is 0.264. The van der Waals surface area contributed by atoms with E-state index in [4.69, 9.17) is 0 Å². The predicted octanol–water partition coefficient (Wildman–Crippen LogP) is -0.146. The Kier molecular flexibility index (Phi) is 2.43. The van der Waals surface area contributed by atoms with Gasteiger partial charge in [-0.25, -0.2) is 14.8 Å². The second-order valence-corrected chi connectivity index (χ2v) is 3.25. The number of nitrogens with one attached hydrogen (secondary N) is 1. The summed E-state index contributed by atoms with van der Waals surface area (Å²) in [5.41, 5.74) is 0.234. The molecule has 7 nitrogen and oxygen atoms in total. The lowest BCUT2D eigenvalue weighted by molar-refractivity contribution is -0.143. The van der Waals surface area contributed by atoms with E-state index in [0.717, 1.165) is 0 Å². The van der Waals surface area contributed by atoms with E-state index < -0.39 is 12.0 Å². The van der Waals surface area contributed by atoms with Gasteiger partial charge in [-0.1, -0.05) is 0 Å². The normalized spacial score (nSPS) is 12.6. The number of hydrogen-bond donors (Lipinski definition) is 1. The first kappa shape index (κ1) is 10.3. The number of carbonyl (C=O) groups excluding carboxylic acids is 1. The van der Waals surface area contributed by atoms with Gasteiger partial charge in [0, 0.05) is 0 Å². The van der Waals surface area contributed by atoms with Crippen molar-refractivity contribution in [2.75, 3.05) is 7.11 Å². The van der Waals surface area contributed by atoms with E-state index in [9.17, 15) is 9.59 Å². The summed E-state index contributed by atoms with van der Waals surface area (Å²) in [5, 5.41) is 0. The number of esters is 1. The molecule has 0 saturated carbocycles. The minimum atomic E-state index is -0.611. The summed E-state index contributed by atoms with van der Waals surface area (Å²) in [5.74, 6) is -0.442. The number of aromatic amines is 1. The Bertz CT molecular complexity index is 586. The molecule has 2 rings (SSSR count). The van der Waals surface area contributed by atoms with Gasteiger partial charge >= 0.3 is 5.97 Å². The van der Waals surface area contributed by atoms with Gasteiger partial charge in [-0.15, -0.1) is 0 Å². The zero-order valence-electron chi connectivity index (χ0n) is 8.80. The van der Waals surface area contributed by atoms with Gasteiger partial charge < -0.3 is 14.3 Å². The molecule has 0 bridgehead atoms. The molecule has 0 aliphatic rings. The molecule has 2 heterocycles. The maximum atomic E-state index is 11.6. The largest absolute Gasteiger partial charge is 0.467 e. The summed E-state index contributed by atoms with van der Waals surface area (Å²) < 4.78 is 6.04. The molecule has 84 valence electrons. The fourth-order valence-electron chi connectivity index (χ4n) is 1.46. The third-order valence-corrected chi connectivity index (χ3v) is 2.33. The first-order valence-electron chi connectivity index (χ1n) is 4.63. The Morgan fingerprint density at radius 2 is 2.31 bits per heavy atom. The van der Waals surface area contributed by atoms with Crippen molar-refractivity contribution >= 4 is 17.1 Å². The Morgan fingerprint density at radius 3 is 3.00 bits per heavy atom. The Morgan fingerprint density at radius 1 is 1.56 bits per heavy atom. The van der Waals surface area contributed by atoms with Crippen LogP contribution in [0, 0.1) is 0 Å². The summed E-state index contributed by atoms with van der Waals surface area (Å²) in [4.78, 5) is 33.2. The molecule has 0 aliphatic carbocycles. The molecule has 1 atom stereocenters. The second-order valence-electron chi connectivity index (χ2n) is 3.25. The van der Waals surface area contributed by atoms with Crippen molar-refractivity contribution in [3.05, 3.63) is 23.0 Å². The average molecular weight is 222 g/mol. The van der Waals surface area contributed by atoms with Gasteiger partial charge in [0.2, 0.25) is 0 Å². The predicted molar refractivity (Wildman–Crippen MR) is 54.9 cm³/mol. The number of hydrogen-bond acceptors (Lipinski definition) is 5. The number of imidazole rings is 1. The van der Waals surface area contributed by atoms with Crippen LogP contribution in [0.15, 0.2) is 17.4 Å². The van der Waals surface area contributed by atoms with Crippen molar-refractivity contribution in [3.8, 4) is 0 Å². The van der Waals surface area contributed by atoms with E-state index in [1.165, 1.54) is 24.3 Å². The number of H-pyrrole nitrogens is 1. The van der Waals surface area contributed by atoms with Gasteiger partial charge in [-0.3, -0.25) is 4.79 Å². The quantitative estimate of drug-likeness (QED) is 0.714. The third-order valence-electron chi connectivity index (χ3n) is 2.33. The highest BCUT2D eigenvalue weighted by atomic mass is 16.5. The van der Waals surface area contributed by atoms with Crippen LogP contribution in [0.1, 0.15) is 13.0 Å². The van der Waals surface area contributed by atoms with E-state index in [-0.39, 0.29) is 11.1 Å².